The standard InChI is InChI=1S/C4H12N4O2/c5-7-3-8(6)2-1-4(9)10/h7H,1-3,5-6H2,(H,9,10). The van der Waals surface area contributed by atoms with Gasteiger partial charge in [0.1, 0.15) is 0 Å². The molecule has 6 nitrogen and oxygen atoms in total. The molecule has 0 saturated carbocycles. The van der Waals surface area contributed by atoms with Crippen LogP contribution in [-0.4, -0.2) is 29.3 Å². The average molecular weight is 148 g/mol. The van der Waals surface area contributed by atoms with Crippen LogP contribution in [0.5, 0.6) is 0 Å². The number of hydrogen-bond acceptors (Lipinski definition) is 5. The Bertz CT molecular complexity index is 107. The molecule has 6 heteroatoms. The fourth-order valence-electron chi connectivity index (χ4n) is 0.436. The monoisotopic (exact) mass is 148 g/mol. The summed E-state index contributed by atoms with van der Waals surface area (Å²) in [6, 6.07) is 0. The summed E-state index contributed by atoms with van der Waals surface area (Å²) in [5.41, 5.74) is 2.30. The smallest absolute Gasteiger partial charge is 0.304 e. The number of carboxylic acids is 1. The van der Waals surface area contributed by atoms with Gasteiger partial charge in [0.2, 0.25) is 0 Å². The van der Waals surface area contributed by atoms with Gasteiger partial charge in [-0.15, -0.1) is 0 Å². The molecule has 10 heavy (non-hydrogen) atoms. The van der Waals surface area contributed by atoms with E-state index in [1.165, 1.54) is 5.01 Å². The van der Waals surface area contributed by atoms with Gasteiger partial charge in [-0.05, 0) is 0 Å². The maximum Gasteiger partial charge on any atom is 0.304 e. The van der Waals surface area contributed by atoms with Crippen molar-refractivity contribution < 1.29 is 9.90 Å². The van der Waals surface area contributed by atoms with E-state index in [2.05, 4.69) is 5.43 Å². The van der Waals surface area contributed by atoms with Gasteiger partial charge in [-0.3, -0.25) is 16.5 Å². The number of carbonyl (C=O) groups is 1. The Hall–Kier alpha value is -0.690. The Labute approximate surface area is 58.7 Å². The Morgan fingerprint density at radius 1 is 1.70 bits per heavy atom. The third-order valence-electron chi connectivity index (χ3n) is 0.907. The Balaban J connectivity index is 3.21. The molecule has 0 aromatic heterocycles. The molecule has 0 radical (unpaired) electrons. The molecule has 6 N–H and O–H groups in total. The molecule has 0 atom stereocenters. The lowest BCUT2D eigenvalue weighted by molar-refractivity contribution is -0.137. The second kappa shape index (κ2) is 5.12. The maximum absolute atomic E-state index is 9.97. The topological polar surface area (TPSA) is 105 Å². The van der Waals surface area contributed by atoms with Crippen molar-refractivity contribution in [3.63, 3.8) is 0 Å². The van der Waals surface area contributed by atoms with Gasteiger partial charge in [0, 0.05) is 6.54 Å². The normalized spacial score (nSPS) is 10.3. The number of hydrogen-bond donors (Lipinski definition) is 4. The largest absolute Gasteiger partial charge is 0.481 e. The van der Waals surface area contributed by atoms with Gasteiger partial charge >= 0.3 is 5.97 Å². The summed E-state index contributed by atoms with van der Waals surface area (Å²) in [5, 5.41) is 9.48. The summed E-state index contributed by atoms with van der Waals surface area (Å²) < 4.78 is 0. The minimum Gasteiger partial charge on any atom is -0.481 e. The second-order valence-corrected chi connectivity index (χ2v) is 1.82. The molecule has 0 fully saturated rings. The second-order valence-electron chi connectivity index (χ2n) is 1.82. The van der Waals surface area contributed by atoms with Gasteiger partial charge in [-0.25, -0.2) is 10.4 Å². The van der Waals surface area contributed by atoms with Crippen LogP contribution in [0, 0.1) is 0 Å². The van der Waals surface area contributed by atoms with E-state index in [1.807, 2.05) is 0 Å². The maximum atomic E-state index is 9.97. The SMILES string of the molecule is NNCN(N)CCC(=O)O. The molecular formula is C4H12N4O2. The molecule has 0 amide bonds. The van der Waals surface area contributed by atoms with Crippen LogP contribution in [0.25, 0.3) is 0 Å². The Morgan fingerprint density at radius 3 is 2.70 bits per heavy atom. The highest BCUT2D eigenvalue weighted by Crippen LogP contribution is 1.80. The number of rotatable bonds is 5. The van der Waals surface area contributed by atoms with Gasteiger partial charge in [0.25, 0.3) is 0 Å². The number of hydrazine groups is 2. The molecule has 0 aromatic carbocycles. The van der Waals surface area contributed by atoms with E-state index in [4.69, 9.17) is 16.8 Å². The molecule has 0 aliphatic heterocycles. The summed E-state index contributed by atoms with van der Waals surface area (Å²) in [7, 11) is 0. The van der Waals surface area contributed by atoms with Crippen molar-refractivity contribution in [1.29, 1.82) is 0 Å². The van der Waals surface area contributed by atoms with Crippen molar-refractivity contribution >= 4 is 5.97 Å². The lowest BCUT2D eigenvalue weighted by atomic mass is 10.4. The molecule has 0 unspecified atom stereocenters. The zero-order valence-electron chi connectivity index (χ0n) is 5.58. The molecule has 0 spiro atoms. The Kier molecular flexibility index (Phi) is 4.77. The number of nitrogens with one attached hydrogen (secondary N) is 1. The Morgan fingerprint density at radius 2 is 2.30 bits per heavy atom. The fraction of sp³-hybridized carbons (Fsp3) is 0.750. The molecule has 0 rings (SSSR count). The van der Waals surface area contributed by atoms with Crippen LogP contribution in [0.2, 0.25) is 0 Å². The van der Waals surface area contributed by atoms with E-state index in [-0.39, 0.29) is 13.1 Å². The van der Waals surface area contributed by atoms with Crippen molar-refractivity contribution in [2.45, 2.75) is 6.42 Å². The summed E-state index contributed by atoms with van der Waals surface area (Å²) in [6.07, 6.45) is 0.0260. The predicted octanol–water partition coefficient (Wildman–Crippen LogP) is -1.94. The van der Waals surface area contributed by atoms with E-state index in [0.29, 0.717) is 6.54 Å². The highest BCUT2D eigenvalue weighted by Gasteiger charge is 2.00. The number of nitrogens with zero attached hydrogens (tertiary/aromatic N) is 1. The summed E-state index contributed by atoms with van der Waals surface area (Å²) >= 11 is 0. The van der Waals surface area contributed by atoms with Crippen LogP contribution in [0.1, 0.15) is 6.42 Å². The van der Waals surface area contributed by atoms with Gasteiger partial charge in [-0.1, -0.05) is 0 Å². The number of nitrogens with two attached hydrogens (primary N) is 2. The van der Waals surface area contributed by atoms with Crippen LogP contribution in [0.4, 0.5) is 0 Å². The van der Waals surface area contributed by atoms with E-state index in [9.17, 15) is 4.79 Å². The van der Waals surface area contributed by atoms with Crippen molar-refractivity contribution in [3.05, 3.63) is 0 Å². The first kappa shape index (κ1) is 9.31. The van der Waals surface area contributed by atoms with Gasteiger partial charge in [0.15, 0.2) is 0 Å². The van der Waals surface area contributed by atoms with Crippen molar-refractivity contribution in [2.75, 3.05) is 13.2 Å². The third kappa shape index (κ3) is 5.45. The van der Waals surface area contributed by atoms with Crippen LogP contribution >= 0.6 is 0 Å². The molecule has 60 valence electrons. The zero-order valence-corrected chi connectivity index (χ0v) is 5.58. The fourth-order valence-corrected chi connectivity index (χ4v) is 0.436. The van der Waals surface area contributed by atoms with Crippen molar-refractivity contribution in [1.82, 2.24) is 10.4 Å². The molecule has 0 aromatic rings. The molecule has 0 aliphatic rings. The van der Waals surface area contributed by atoms with E-state index >= 15 is 0 Å². The highest BCUT2D eigenvalue weighted by atomic mass is 16.4. The van der Waals surface area contributed by atoms with E-state index in [0.717, 1.165) is 0 Å². The van der Waals surface area contributed by atoms with Crippen LogP contribution in [0.15, 0.2) is 0 Å². The number of carboxylic acid groups (broad SMARTS) is 1. The van der Waals surface area contributed by atoms with Crippen LogP contribution in [0.3, 0.4) is 0 Å². The zero-order chi connectivity index (χ0) is 7.98. The van der Waals surface area contributed by atoms with Gasteiger partial charge < -0.3 is 5.11 Å². The van der Waals surface area contributed by atoms with Crippen LogP contribution < -0.4 is 17.1 Å². The lowest BCUT2D eigenvalue weighted by Crippen LogP contribution is -2.43. The minimum absolute atomic E-state index is 0.0260. The molecule has 0 saturated heterocycles. The van der Waals surface area contributed by atoms with E-state index in [1.54, 1.807) is 0 Å². The molecule has 0 aliphatic carbocycles. The first-order valence-corrected chi connectivity index (χ1v) is 2.81. The first-order chi connectivity index (χ1) is 4.66. The van der Waals surface area contributed by atoms with Crippen LogP contribution in [-0.2, 0) is 4.79 Å². The summed E-state index contributed by atoms with van der Waals surface area (Å²) in [4.78, 5) is 9.97. The summed E-state index contributed by atoms with van der Waals surface area (Å²) in [6.45, 7) is 0.576. The summed E-state index contributed by atoms with van der Waals surface area (Å²) in [5.74, 6) is 9.31. The third-order valence-corrected chi connectivity index (χ3v) is 0.907. The molecule has 0 heterocycles. The predicted molar refractivity (Wildman–Crippen MR) is 35.3 cm³/mol. The van der Waals surface area contributed by atoms with Gasteiger partial charge in [0.05, 0.1) is 13.1 Å². The first-order valence-electron chi connectivity index (χ1n) is 2.81. The van der Waals surface area contributed by atoms with Crippen molar-refractivity contribution in [3.8, 4) is 0 Å². The lowest BCUT2D eigenvalue weighted by Gasteiger charge is -2.12. The van der Waals surface area contributed by atoms with E-state index < -0.39 is 5.97 Å². The quantitative estimate of drug-likeness (QED) is 0.205. The molecular weight excluding hydrogens is 136 g/mol. The van der Waals surface area contributed by atoms with Gasteiger partial charge in [-0.2, -0.15) is 0 Å². The number of aliphatic carboxylic acids is 1. The van der Waals surface area contributed by atoms with Crippen molar-refractivity contribution in [2.24, 2.45) is 11.7 Å². The molecule has 0 bridgehead atoms. The minimum atomic E-state index is -0.868. The highest BCUT2D eigenvalue weighted by molar-refractivity contribution is 5.66. The average Bonchev–Trinajstić information content (AvgIpc) is 1.85.